The minimum atomic E-state index is -0.114. The van der Waals surface area contributed by atoms with Gasteiger partial charge in [-0.25, -0.2) is 5.43 Å². The molecular formula is C15H19N3O. The normalized spacial score (nSPS) is 12.2. The summed E-state index contributed by atoms with van der Waals surface area (Å²) in [6, 6.07) is 8.19. The van der Waals surface area contributed by atoms with Crippen molar-refractivity contribution in [2.24, 2.45) is 5.84 Å². The molecule has 19 heavy (non-hydrogen) atoms. The van der Waals surface area contributed by atoms with Crippen LogP contribution in [0.2, 0.25) is 0 Å². The number of hydrogen-bond acceptors (Lipinski definition) is 4. The van der Waals surface area contributed by atoms with Gasteiger partial charge in [0.15, 0.2) is 0 Å². The van der Waals surface area contributed by atoms with Gasteiger partial charge in [-0.2, -0.15) is 0 Å². The standard InChI is InChI=1S/C15H19N3O/c1-10-6-11(2)8-12(7-10)15(18-16)13-4-5-17-9-14(13)19-3/h4-9,15,18H,16H2,1-3H3. The first-order valence-electron chi connectivity index (χ1n) is 6.18. The second-order valence-corrected chi connectivity index (χ2v) is 4.64. The molecule has 0 spiro atoms. The number of aromatic nitrogens is 1. The summed E-state index contributed by atoms with van der Waals surface area (Å²) in [6.45, 7) is 4.15. The molecule has 1 heterocycles. The lowest BCUT2D eigenvalue weighted by Gasteiger charge is -2.20. The quantitative estimate of drug-likeness (QED) is 0.651. The molecular weight excluding hydrogens is 238 g/mol. The molecule has 1 aromatic heterocycles. The van der Waals surface area contributed by atoms with Crippen LogP contribution >= 0.6 is 0 Å². The molecule has 0 aliphatic heterocycles. The lowest BCUT2D eigenvalue weighted by Crippen LogP contribution is -2.29. The first kappa shape index (κ1) is 13.5. The van der Waals surface area contributed by atoms with Gasteiger partial charge in [-0.1, -0.05) is 29.3 Å². The molecule has 0 amide bonds. The van der Waals surface area contributed by atoms with E-state index in [9.17, 15) is 0 Å². The number of methoxy groups -OCH3 is 1. The summed E-state index contributed by atoms with van der Waals surface area (Å²) >= 11 is 0. The SMILES string of the molecule is COc1cnccc1C(NN)c1cc(C)cc(C)c1. The molecule has 4 nitrogen and oxygen atoms in total. The van der Waals surface area contributed by atoms with Gasteiger partial charge >= 0.3 is 0 Å². The molecule has 0 bridgehead atoms. The second kappa shape index (κ2) is 5.82. The summed E-state index contributed by atoms with van der Waals surface area (Å²) in [4.78, 5) is 4.07. The van der Waals surface area contributed by atoms with E-state index in [2.05, 4.69) is 42.5 Å². The van der Waals surface area contributed by atoms with Gasteiger partial charge in [-0.15, -0.1) is 0 Å². The van der Waals surface area contributed by atoms with Crippen LogP contribution in [-0.4, -0.2) is 12.1 Å². The molecule has 3 N–H and O–H groups in total. The smallest absolute Gasteiger partial charge is 0.142 e. The lowest BCUT2D eigenvalue weighted by molar-refractivity contribution is 0.402. The molecule has 0 saturated heterocycles. The van der Waals surface area contributed by atoms with E-state index in [1.807, 2.05) is 6.07 Å². The zero-order valence-electron chi connectivity index (χ0n) is 11.5. The number of rotatable bonds is 4. The van der Waals surface area contributed by atoms with Gasteiger partial charge in [0, 0.05) is 11.8 Å². The number of aryl methyl sites for hydroxylation is 2. The summed E-state index contributed by atoms with van der Waals surface area (Å²) in [5.41, 5.74) is 7.37. The zero-order valence-corrected chi connectivity index (χ0v) is 11.5. The molecule has 4 heteroatoms. The van der Waals surface area contributed by atoms with Crippen molar-refractivity contribution < 1.29 is 4.74 Å². The minimum absolute atomic E-state index is 0.114. The predicted octanol–water partition coefficient (Wildman–Crippen LogP) is 2.26. The summed E-state index contributed by atoms with van der Waals surface area (Å²) in [6.07, 6.45) is 3.44. The van der Waals surface area contributed by atoms with E-state index in [1.54, 1.807) is 19.5 Å². The van der Waals surface area contributed by atoms with Crippen molar-refractivity contribution in [1.29, 1.82) is 0 Å². The third-order valence-electron chi connectivity index (χ3n) is 3.09. The van der Waals surface area contributed by atoms with Gasteiger partial charge in [-0.05, 0) is 25.5 Å². The first-order chi connectivity index (χ1) is 9.15. The van der Waals surface area contributed by atoms with E-state index in [4.69, 9.17) is 10.6 Å². The summed E-state index contributed by atoms with van der Waals surface area (Å²) in [7, 11) is 1.63. The van der Waals surface area contributed by atoms with Crippen LogP contribution in [-0.2, 0) is 0 Å². The third kappa shape index (κ3) is 2.92. The third-order valence-corrected chi connectivity index (χ3v) is 3.09. The van der Waals surface area contributed by atoms with E-state index in [-0.39, 0.29) is 6.04 Å². The molecule has 1 atom stereocenters. The molecule has 1 unspecified atom stereocenters. The van der Waals surface area contributed by atoms with Crippen molar-refractivity contribution in [2.45, 2.75) is 19.9 Å². The number of hydrogen-bond donors (Lipinski definition) is 2. The van der Waals surface area contributed by atoms with Crippen LogP contribution in [0.5, 0.6) is 5.75 Å². The largest absolute Gasteiger partial charge is 0.495 e. The van der Waals surface area contributed by atoms with Crippen molar-refractivity contribution in [3.05, 3.63) is 58.9 Å². The van der Waals surface area contributed by atoms with E-state index < -0.39 is 0 Å². The Labute approximate surface area is 113 Å². The van der Waals surface area contributed by atoms with Crippen LogP contribution < -0.4 is 16.0 Å². The Morgan fingerprint density at radius 1 is 1.21 bits per heavy atom. The zero-order chi connectivity index (χ0) is 13.8. The Morgan fingerprint density at radius 2 is 1.89 bits per heavy atom. The van der Waals surface area contributed by atoms with E-state index >= 15 is 0 Å². The van der Waals surface area contributed by atoms with Gasteiger partial charge in [0.2, 0.25) is 0 Å². The van der Waals surface area contributed by atoms with Crippen molar-refractivity contribution in [3.63, 3.8) is 0 Å². The van der Waals surface area contributed by atoms with Gasteiger partial charge in [-0.3, -0.25) is 10.8 Å². The molecule has 0 aliphatic rings. The van der Waals surface area contributed by atoms with Crippen LogP contribution in [0.1, 0.15) is 28.3 Å². The van der Waals surface area contributed by atoms with Crippen LogP contribution in [0.3, 0.4) is 0 Å². The molecule has 100 valence electrons. The Hall–Kier alpha value is -1.91. The molecule has 0 radical (unpaired) electrons. The highest BCUT2D eigenvalue weighted by atomic mass is 16.5. The number of nitrogens with zero attached hydrogens (tertiary/aromatic N) is 1. The first-order valence-corrected chi connectivity index (χ1v) is 6.18. The minimum Gasteiger partial charge on any atom is -0.495 e. The Balaban J connectivity index is 2.49. The fourth-order valence-corrected chi connectivity index (χ4v) is 2.34. The van der Waals surface area contributed by atoms with Crippen LogP contribution in [0, 0.1) is 13.8 Å². The number of hydrazine groups is 1. The van der Waals surface area contributed by atoms with E-state index in [0.29, 0.717) is 0 Å². The summed E-state index contributed by atoms with van der Waals surface area (Å²) < 4.78 is 5.35. The Bertz CT molecular complexity index is 549. The lowest BCUT2D eigenvalue weighted by atomic mass is 9.96. The maximum absolute atomic E-state index is 5.73. The molecule has 2 rings (SSSR count). The highest BCUT2D eigenvalue weighted by molar-refractivity contribution is 5.41. The van der Waals surface area contributed by atoms with Crippen molar-refractivity contribution in [1.82, 2.24) is 10.4 Å². The maximum atomic E-state index is 5.73. The monoisotopic (exact) mass is 257 g/mol. The predicted molar refractivity (Wildman–Crippen MR) is 75.9 cm³/mol. The number of nitrogens with two attached hydrogens (primary N) is 1. The molecule has 2 aromatic rings. The number of ether oxygens (including phenoxy) is 1. The fourth-order valence-electron chi connectivity index (χ4n) is 2.34. The van der Waals surface area contributed by atoms with Gasteiger partial charge in [0.25, 0.3) is 0 Å². The Morgan fingerprint density at radius 3 is 2.47 bits per heavy atom. The topological polar surface area (TPSA) is 60.2 Å². The van der Waals surface area contributed by atoms with Crippen LogP contribution in [0.4, 0.5) is 0 Å². The molecule has 0 aliphatic carbocycles. The maximum Gasteiger partial charge on any atom is 0.142 e. The van der Waals surface area contributed by atoms with Gasteiger partial charge in [0.05, 0.1) is 19.3 Å². The highest BCUT2D eigenvalue weighted by Crippen LogP contribution is 2.29. The molecule has 1 aromatic carbocycles. The van der Waals surface area contributed by atoms with Gasteiger partial charge in [0.1, 0.15) is 5.75 Å². The van der Waals surface area contributed by atoms with Gasteiger partial charge < -0.3 is 4.74 Å². The fraction of sp³-hybridized carbons (Fsp3) is 0.267. The van der Waals surface area contributed by atoms with Crippen molar-refractivity contribution >= 4 is 0 Å². The number of nitrogens with one attached hydrogen (secondary N) is 1. The van der Waals surface area contributed by atoms with E-state index in [1.165, 1.54) is 11.1 Å². The van der Waals surface area contributed by atoms with E-state index in [0.717, 1.165) is 16.9 Å². The summed E-state index contributed by atoms with van der Waals surface area (Å²) in [5.74, 6) is 6.46. The second-order valence-electron chi connectivity index (χ2n) is 4.64. The molecule has 0 saturated carbocycles. The van der Waals surface area contributed by atoms with Crippen LogP contribution in [0.25, 0.3) is 0 Å². The number of benzene rings is 1. The van der Waals surface area contributed by atoms with Crippen molar-refractivity contribution in [3.8, 4) is 5.75 Å². The Kier molecular flexibility index (Phi) is 4.14. The average molecular weight is 257 g/mol. The molecule has 0 fully saturated rings. The van der Waals surface area contributed by atoms with Crippen molar-refractivity contribution in [2.75, 3.05) is 7.11 Å². The van der Waals surface area contributed by atoms with Crippen LogP contribution in [0.15, 0.2) is 36.7 Å². The number of pyridine rings is 1. The highest BCUT2D eigenvalue weighted by Gasteiger charge is 2.17. The summed E-state index contributed by atoms with van der Waals surface area (Å²) in [5, 5.41) is 0. The average Bonchev–Trinajstić information content (AvgIpc) is 2.39.